The van der Waals surface area contributed by atoms with Crippen molar-refractivity contribution in [1.29, 1.82) is 0 Å². The Balaban J connectivity index is 1.81. The molecule has 0 fully saturated rings. The predicted octanol–water partition coefficient (Wildman–Crippen LogP) is 3.31. The van der Waals surface area contributed by atoms with Gasteiger partial charge in [0.1, 0.15) is 17.4 Å². The van der Waals surface area contributed by atoms with Gasteiger partial charge in [-0.25, -0.2) is 0 Å². The van der Waals surface area contributed by atoms with Crippen LogP contribution in [0.25, 0.3) is 6.08 Å². The third-order valence-corrected chi connectivity index (χ3v) is 4.35. The predicted molar refractivity (Wildman–Crippen MR) is 89.3 cm³/mol. The molecule has 0 amide bonds. The number of rotatable bonds is 1. The molecule has 6 nitrogen and oxygen atoms in total. The third kappa shape index (κ3) is 2.55. The van der Waals surface area contributed by atoms with Crippen LogP contribution in [-0.4, -0.2) is 27.7 Å². The van der Waals surface area contributed by atoms with Crippen molar-refractivity contribution in [2.45, 2.75) is 18.9 Å². The van der Waals surface area contributed by atoms with Gasteiger partial charge < -0.3 is 24.8 Å². The zero-order valence-corrected chi connectivity index (χ0v) is 13.2. The first-order valence-electron chi connectivity index (χ1n) is 7.95. The molecule has 0 saturated heterocycles. The Kier molecular flexibility index (Phi) is 3.53. The summed E-state index contributed by atoms with van der Waals surface area (Å²) in [5, 5.41) is 29.4. The highest BCUT2D eigenvalue weighted by Crippen LogP contribution is 2.48. The van der Waals surface area contributed by atoms with Crippen LogP contribution in [0.15, 0.2) is 30.3 Å². The molecule has 0 saturated carbocycles. The molecule has 3 N–H and O–H groups in total. The van der Waals surface area contributed by atoms with Gasteiger partial charge in [0.25, 0.3) is 0 Å². The van der Waals surface area contributed by atoms with Gasteiger partial charge in [0.05, 0.1) is 13.0 Å². The van der Waals surface area contributed by atoms with E-state index in [2.05, 4.69) is 0 Å². The van der Waals surface area contributed by atoms with Gasteiger partial charge in [0, 0.05) is 5.56 Å². The zero-order valence-electron chi connectivity index (χ0n) is 13.2. The highest BCUT2D eigenvalue weighted by atomic mass is 16.5. The third-order valence-electron chi connectivity index (χ3n) is 4.35. The number of ether oxygens (including phenoxy) is 2. The molecule has 6 heteroatoms. The molecule has 128 valence electrons. The molecule has 2 aliphatic heterocycles. The molecule has 2 heterocycles. The first-order valence-corrected chi connectivity index (χ1v) is 7.95. The average molecular weight is 340 g/mol. The van der Waals surface area contributed by atoms with E-state index in [1.807, 2.05) is 12.2 Å². The summed E-state index contributed by atoms with van der Waals surface area (Å²) in [6.07, 6.45) is 3.84. The van der Waals surface area contributed by atoms with E-state index in [1.165, 1.54) is 18.2 Å². The second kappa shape index (κ2) is 5.73. The van der Waals surface area contributed by atoms with Crippen molar-refractivity contribution in [3.8, 4) is 28.7 Å². The molecule has 0 aliphatic carbocycles. The Bertz CT molecular complexity index is 899. The molecule has 25 heavy (non-hydrogen) atoms. The van der Waals surface area contributed by atoms with Crippen LogP contribution in [0.5, 0.6) is 28.7 Å². The van der Waals surface area contributed by atoms with E-state index in [1.54, 1.807) is 6.07 Å². The molecule has 0 bridgehead atoms. The number of aromatic hydroxyl groups is 3. The fourth-order valence-corrected chi connectivity index (χ4v) is 3.12. The van der Waals surface area contributed by atoms with E-state index in [9.17, 15) is 20.1 Å². The van der Waals surface area contributed by atoms with E-state index in [4.69, 9.17) is 9.47 Å². The van der Waals surface area contributed by atoms with Crippen LogP contribution in [0, 0.1) is 0 Å². The van der Waals surface area contributed by atoms with Gasteiger partial charge in [-0.2, -0.15) is 0 Å². The molecule has 4 rings (SSSR count). The van der Waals surface area contributed by atoms with Crippen molar-refractivity contribution in [3.05, 3.63) is 47.0 Å². The highest BCUT2D eigenvalue weighted by Gasteiger charge is 2.34. The van der Waals surface area contributed by atoms with Crippen LogP contribution in [0.4, 0.5) is 0 Å². The van der Waals surface area contributed by atoms with Gasteiger partial charge in [-0.15, -0.1) is 0 Å². The van der Waals surface area contributed by atoms with Gasteiger partial charge in [-0.3, -0.25) is 4.79 Å². The standard InChI is InChI=1S/C19H16O6/c20-12-5-4-10(7-13(12)21)16-9-15(23)17-14(22)8-11-3-1-2-6-24-18(11)19(17)25-16/h1,3-5,7-8,16,20-22H,2,6,9H2/t16-/m0/s1. The number of phenols is 3. The summed E-state index contributed by atoms with van der Waals surface area (Å²) < 4.78 is 11.7. The van der Waals surface area contributed by atoms with Gasteiger partial charge in [-0.1, -0.05) is 18.2 Å². The first kappa shape index (κ1) is 15.4. The van der Waals surface area contributed by atoms with Crippen molar-refractivity contribution in [2.75, 3.05) is 6.61 Å². The van der Waals surface area contributed by atoms with Crippen molar-refractivity contribution in [1.82, 2.24) is 0 Å². The summed E-state index contributed by atoms with van der Waals surface area (Å²) in [4.78, 5) is 12.6. The number of phenolic OH excluding ortho intramolecular Hbond substituents is 3. The lowest BCUT2D eigenvalue weighted by atomic mass is 9.93. The summed E-state index contributed by atoms with van der Waals surface area (Å²) in [6, 6.07) is 5.79. The van der Waals surface area contributed by atoms with Crippen molar-refractivity contribution >= 4 is 11.9 Å². The average Bonchev–Trinajstić information content (AvgIpc) is 2.82. The summed E-state index contributed by atoms with van der Waals surface area (Å²) in [5.41, 5.74) is 1.32. The van der Waals surface area contributed by atoms with E-state index in [0.29, 0.717) is 29.9 Å². The smallest absolute Gasteiger partial charge is 0.177 e. The molecule has 0 unspecified atom stereocenters. The summed E-state index contributed by atoms with van der Waals surface area (Å²) in [5.74, 6) is -0.283. The fraction of sp³-hybridized carbons (Fsp3) is 0.211. The number of fused-ring (bicyclic) bond motifs is 3. The highest BCUT2D eigenvalue weighted by molar-refractivity contribution is 6.04. The van der Waals surface area contributed by atoms with E-state index < -0.39 is 6.10 Å². The Labute approximate surface area is 143 Å². The quantitative estimate of drug-likeness (QED) is 0.689. The van der Waals surface area contributed by atoms with Crippen LogP contribution in [-0.2, 0) is 0 Å². The largest absolute Gasteiger partial charge is 0.507 e. The Morgan fingerprint density at radius 3 is 2.64 bits per heavy atom. The minimum absolute atomic E-state index is 0.0133. The Hall–Kier alpha value is -3.15. The maximum Gasteiger partial charge on any atom is 0.177 e. The van der Waals surface area contributed by atoms with Crippen LogP contribution < -0.4 is 9.47 Å². The van der Waals surface area contributed by atoms with E-state index in [-0.39, 0.29) is 40.8 Å². The maximum absolute atomic E-state index is 12.6. The lowest BCUT2D eigenvalue weighted by molar-refractivity contribution is 0.0834. The Morgan fingerprint density at radius 1 is 1.00 bits per heavy atom. The van der Waals surface area contributed by atoms with Gasteiger partial charge in [0.2, 0.25) is 0 Å². The zero-order chi connectivity index (χ0) is 17.6. The number of hydrogen-bond donors (Lipinski definition) is 3. The van der Waals surface area contributed by atoms with Crippen LogP contribution in [0.2, 0.25) is 0 Å². The van der Waals surface area contributed by atoms with E-state index in [0.717, 1.165) is 0 Å². The lowest BCUT2D eigenvalue weighted by Gasteiger charge is -2.28. The van der Waals surface area contributed by atoms with Gasteiger partial charge >= 0.3 is 0 Å². The number of Topliss-reactive ketones (excluding diaryl/α,β-unsaturated/α-hetero) is 1. The number of ketones is 1. The number of hydrogen-bond acceptors (Lipinski definition) is 6. The topological polar surface area (TPSA) is 96.2 Å². The fourth-order valence-electron chi connectivity index (χ4n) is 3.12. The van der Waals surface area contributed by atoms with Crippen LogP contribution in [0.3, 0.4) is 0 Å². The van der Waals surface area contributed by atoms with Crippen molar-refractivity contribution < 1.29 is 29.6 Å². The number of carbonyl (C=O) groups is 1. The molecule has 2 aromatic carbocycles. The normalized spacial score (nSPS) is 18.6. The second-order valence-electron chi connectivity index (χ2n) is 6.04. The van der Waals surface area contributed by atoms with Crippen molar-refractivity contribution in [3.63, 3.8) is 0 Å². The minimum Gasteiger partial charge on any atom is -0.507 e. The van der Waals surface area contributed by atoms with Gasteiger partial charge in [0.15, 0.2) is 28.8 Å². The molecule has 0 aromatic heterocycles. The second-order valence-corrected chi connectivity index (χ2v) is 6.04. The van der Waals surface area contributed by atoms with Crippen molar-refractivity contribution in [2.24, 2.45) is 0 Å². The SMILES string of the molecule is O=C1C[C@@H](c2ccc(O)c(O)c2)Oc2c3c(cc(O)c21)C=CCCO3. The Morgan fingerprint density at radius 2 is 1.84 bits per heavy atom. The molecule has 0 radical (unpaired) electrons. The summed E-state index contributed by atoms with van der Waals surface area (Å²) >= 11 is 0. The van der Waals surface area contributed by atoms with Crippen LogP contribution in [0.1, 0.15) is 40.4 Å². The van der Waals surface area contributed by atoms with Gasteiger partial charge in [-0.05, 0) is 30.2 Å². The van der Waals surface area contributed by atoms with E-state index >= 15 is 0 Å². The molecular formula is C19H16O6. The lowest BCUT2D eigenvalue weighted by Crippen LogP contribution is -2.21. The molecule has 0 spiro atoms. The van der Waals surface area contributed by atoms with Crippen LogP contribution >= 0.6 is 0 Å². The summed E-state index contributed by atoms with van der Waals surface area (Å²) in [6.45, 7) is 0.447. The first-order chi connectivity index (χ1) is 12.0. The summed E-state index contributed by atoms with van der Waals surface area (Å²) in [7, 11) is 0. The number of benzene rings is 2. The monoisotopic (exact) mass is 340 g/mol. The molecular weight excluding hydrogens is 324 g/mol. The molecule has 1 atom stereocenters. The number of carbonyl (C=O) groups excluding carboxylic acids is 1. The maximum atomic E-state index is 12.6. The molecule has 2 aliphatic rings. The molecule has 2 aromatic rings. The minimum atomic E-state index is -0.645.